The second-order valence-corrected chi connectivity index (χ2v) is 8.14. The van der Waals surface area contributed by atoms with Crippen LogP contribution in [-0.2, 0) is 6.54 Å². The van der Waals surface area contributed by atoms with E-state index in [-0.39, 0.29) is 17.1 Å². The second kappa shape index (κ2) is 7.56. The summed E-state index contributed by atoms with van der Waals surface area (Å²) in [6.45, 7) is 4.01. The molecule has 0 unspecified atom stereocenters. The topological polar surface area (TPSA) is 36.4 Å². The molecule has 1 atom stereocenters. The zero-order valence-electron chi connectivity index (χ0n) is 15.2. The molecule has 1 aromatic carbocycles. The number of nitrogens with zero attached hydrogens (tertiary/aromatic N) is 3. The third-order valence-corrected chi connectivity index (χ3v) is 6.00. The highest BCUT2D eigenvalue weighted by molar-refractivity contribution is 6.29. The van der Waals surface area contributed by atoms with Gasteiger partial charge in [0.05, 0.1) is 0 Å². The molecule has 1 amide bonds. The van der Waals surface area contributed by atoms with Crippen molar-refractivity contribution in [3.63, 3.8) is 0 Å². The highest BCUT2D eigenvalue weighted by Gasteiger charge is 2.42. The SMILES string of the molecule is O=C(c1ccnc(Cl)c1)N1CC[C@@]2(CCCN(Cc3ccccc3F)C2)C1. The lowest BCUT2D eigenvalue weighted by atomic mass is 9.79. The molecule has 2 aliphatic heterocycles. The summed E-state index contributed by atoms with van der Waals surface area (Å²) in [6, 6.07) is 10.3. The zero-order valence-corrected chi connectivity index (χ0v) is 16.0. The Hall–Kier alpha value is -1.98. The fourth-order valence-corrected chi connectivity index (χ4v) is 4.65. The molecule has 27 heavy (non-hydrogen) atoms. The van der Waals surface area contributed by atoms with Crippen LogP contribution in [0.15, 0.2) is 42.6 Å². The molecule has 1 spiro atoms. The van der Waals surface area contributed by atoms with Gasteiger partial charge >= 0.3 is 0 Å². The summed E-state index contributed by atoms with van der Waals surface area (Å²) in [6.07, 6.45) is 4.75. The van der Waals surface area contributed by atoms with E-state index >= 15 is 0 Å². The summed E-state index contributed by atoms with van der Waals surface area (Å²) in [5, 5.41) is 0.337. The predicted octanol–water partition coefficient (Wildman–Crippen LogP) is 4.00. The van der Waals surface area contributed by atoms with E-state index in [0.29, 0.717) is 17.3 Å². The Kier molecular flexibility index (Phi) is 5.15. The van der Waals surface area contributed by atoms with Crippen LogP contribution in [0.5, 0.6) is 0 Å². The maximum absolute atomic E-state index is 14.0. The van der Waals surface area contributed by atoms with Crippen molar-refractivity contribution in [2.24, 2.45) is 5.41 Å². The van der Waals surface area contributed by atoms with Gasteiger partial charge in [-0.3, -0.25) is 9.69 Å². The van der Waals surface area contributed by atoms with Gasteiger partial charge in [-0.05, 0) is 44.0 Å². The first kappa shape index (κ1) is 18.4. The number of pyridine rings is 1. The molecule has 1 aromatic heterocycles. The van der Waals surface area contributed by atoms with E-state index in [1.807, 2.05) is 17.0 Å². The average molecular weight is 388 g/mol. The largest absolute Gasteiger partial charge is 0.338 e. The molecule has 4 nitrogen and oxygen atoms in total. The quantitative estimate of drug-likeness (QED) is 0.747. The van der Waals surface area contributed by atoms with Gasteiger partial charge in [0.15, 0.2) is 0 Å². The molecule has 2 saturated heterocycles. The molecule has 2 aliphatic rings. The Balaban J connectivity index is 1.43. The molecule has 2 aromatic rings. The van der Waals surface area contributed by atoms with Crippen molar-refractivity contribution in [3.8, 4) is 0 Å². The number of rotatable bonds is 3. The second-order valence-electron chi connectivity index (χ2n) is 7.75. The Labute approximate surface area is 163 Å². The van der Waals surface area contributed by atoms with Crippen molar-refractivity contribution in [1.29, 1.82) is 0 Å². The first-order valence-electron chi connectivity index (χ1n) is 9.41. The minimum atomic E-state index is -0.144. The number of carbonyl (C=O) groups is 1. The lowest BCUT2D eigenvalue weighted by molar-refractivity contribution is 0.0673. The average Bonchev–Trinajstić information content (AvgIpc) is 3.06. The highest BCUT2D eigenvalue weighted by atomic mass is 35.5. The third-order valence-electron chi connectivity index (χ3n) is 5.79. The minimum absolute atomic E-state index is 0.0161. The van der Waals surface area contributed by atoms with Crippen molar-refractivity contribution in [1.82, 2.24) is 14.8 Å². The van der Waals surface area contributed by atoms with E-state index in [9.17, 15) is 9.18 Å². The fraction of sp³-hybridized carbons (Fsp3) is 0.429. The van der Waals surface area contributed by atoms with Gasteiger partial charge < -0.3 is 4.90 Å². The van der Waals surface area contributed by atoms with Crippen LogP contribution in [0.1, 0.15) is 35.2 Å². The first-order valence-corrected chi connectivity index (χ1v) is 9.79. The summed E-state index contributed by atoms with van der Waals surface area (Å²) in [7, 11) is 0. The molecule has 2 fully saturated rings. The summed E-state index contributed by atoms with van der Waals surface area (Å²) in [5.41, 5.74) is 1.44. The summed E-state index contributed by atoms with van der Waals surface area (Å²) < 4.78 is 14.0. The smallest absolute Gasteiger partial charge is 0.254 e. The lowest BCUT2D eigenvalue weighted by Crippen LogP contribution is -2.45. The van der Waals surface area contributed by atoms with Crippen LogP contribution in [-0.4, -0.2) is 46.9 Å². The van der Waals surface area contributed by atoms with Gasteiger partial charge in [0, 0.05) is 48.9 Å². The maximum atomic E-state index is 14.0. The molecule has 4 rings (SSSR count). The Morgan fingerprint density at radius 3 is 2.85 bits per heavy atom. The van der Waals surface area contributed by atoms with Crippen molar-refractivity contribution in [3.05, 3.63) is 64.7 Å². The Bertz CT molecular complexity index is 846. The highest BCUT2D eigenvalue weighted by Crippen LogP contribution is 2.40. The van der Waals surface area contributed by atoms with Crippen LogP contribution >= 0.6 is 11.6 Å². The molecule has 3 heterocycles. The van der Waals surface area contributed by atoms with E-state index in [0.717, 1.165) is 51.0 Å². The Morgan fingerprint density at radius 1 is 1.19 bits per heavy atom. The number of hydrogen-bond donors (Lipinski definition) is 0. The van der Waals surface area contributed by atoms with Crippen LogP contribution in [0.4, 0.5) is 4.39 Å². The van der Waals surface area contributed by atoms with Crippen molar-refractivity contribution in [2.45, 2.75) is 25.8 Å². The number of likely N-dealkylation sites (tertiary alicyclic amines) is 2. The van der Waals surface area contributed by atoms with Crippen molar-refractivity contribution < 1.29 is 9.18 Å². The number of carbonyl (C=O) groups excluding carboxylic acids is 1. The number of benzene rings is 1. The van der Waals surface area contributed by atoms with Gasteiger partial charge in [-0.2, -0.15) is 0 Å². The van der Waals surface area contributed by atoms with E-state index in [1.54, 1.807) is 24.4 Å². The van der Waals surface area contributed by atoms with E-state index in [1.165, 1.54) is 6.07 Å². The third kappa shape index (κ3) is 3.99. The molecule has 0 bridgehead atoms. The molecule has 142 valence electrons. The minimum Gasteiger partial charge on any atom is -0.338 e. The van der Waals surface area contributed by atoms with Gasteiger partial charge in [0.2, 0.25) is 0 Å². The standard InChI is InChI=1S/C21H23ClFN3O/c22-19-12-16(6-9-24-19)20(27)26-11-8-21(15-26)7-3-10-25(14-21)13-17-4-1-2-5-18(17)23/h1-2,4-6,9,12H,3,7-8,10-11,13-15H2/t21-/m1/s1. The van der Waals surface area contributed by atoms with Crippen LogP contribution in [0.3, 0.4) is 0 Å². The molecule has 0 radical (unpaired) electrons. The van der Waals surface area contributed by atoms with Crippen LogP contribution in [0, 0.1) is 11.2 Å². The van der Waals surface area contributed by atoms with E-state index < -0.39 is 0 Å². The number of hydrogen-bond acceptors (Lipinski definition) is 3. The van der Waals surface area contributed by atoms with Crippen LogP contribution < -0.4 is 0 Å². The van der Waals surface area contributed by atoms with Crippen molar-refractivity contribution in [2.75, 3.05) is 26.2 Å². The number of aromatic nitrogens is 1. The zero-order chi connectivity index (χ0) is 18.9. The lowest BCUT2D eigenvalue weighted by Gasteiger charge is -2.40. The molecule has 0 saturated carbocycles. The Morgan fingerprint density at radius 2 is 2.04 bits per heavy atom. The van der Waals surface area contributed by atoms with E-state index in [2.05, 4.69) is 9.88 Å². The van der Waals surface area contributed by atoms with Gasteiger partial charge in [-0.25, -0.2) is 9.37 Å². The monoisotopic (exact) mass is 387 g/mol. The molecule has 0 N–H and O–H groups in total. The summed E-state index contributed by atoms with van der Waals surface area (Å²) in [4.78, 5) is 21.0. The molecular formula is C21H23ClFN3O. The first-order chi connectivity index (χ1) is 13.0. The van der Waals surface area contributed by atoms with Crippen LogP contribution in [0.2, 0.25) is 5.15 Å². The van der Waals surface area contributed by atoms with Gasteiger partial charge in [-0.1, -0.05) is 29.8 Å². The van der Waals surface area contributed by atoms with Gasteiger partial charge in [-0.15, -0.1) is 0 Å². The summed E-state index contributed by atoms with van der Waals surface area (Å²) in [5.74, 6) is -0.127. The summed E-state index contributed by atoms with van der Waals surface area (Å²) >= 11 is 5.93. The van der Waals surface area contributed by atoms with E-state index in [4.69, 9.17) is 11.6 Å². The maximum Gasteiger partial charge on any atom is 0.254 e. The molecule has 6 heteroatoms. The normalized spacial score (nSPS) is 23.1. The van der Waals surface area contributed by atoms with Gasteiger partial charge in [0.25, 0.3) is 5.91 Å². The molecule has 0 aliphatic carbocycles. The molecular weight excluding hydrogens is 365 g/mol. The number of amides is 1. The number of halogens is 2. The van der Waals surface area contributed by atoms with Crippen LogP contribution in [0.25, 0.3) is 0 Å². The van der Waals surface area contributed by atoms with Crippen molar-refractivity contribution >= 4 is 17.5 Å². The van der Waals surface area contributed by atoms with Gasteiger partial charge in [0.1, 0.15) is 11.0 Å². The number of piperidine rings is 1. The predicted molar refractivity (Wildman–Crippen MR) is 103 cm³/mol. The fourth-order valence-electron chi connectivity index (χ4n) is 4.47.